The first-order valence-electron chi connectivity index (χ1n) is 10.2. The van der Waals surface area contributed by atoms with Crippen molar-refractivity contribution < 1.29 is 19.4 Å². The van der Waals surface area contributed by atoms with Gasteiger partial charge in [0.1, 0.15) is 11.5 Å². The summed E-state index contributed by atoms with van der Waals surface area (Å²) in [4.78, 5) is 29.4. The number of carbonyl (C=O) groups is 2. The van der Waals surface area contributed by atoms with Crippen LogP contribution in [0.15, 0.2) is 48.0 Å². The number of ether oxygens (including phenoxy) is 1. The van der Waals surface area contributed by atoms with E-state index in [1.165, 1.54) is 4.90 Å². The average Bonchev–Trinajstić information content (AvgIpc) is 2.97. The standard InChI is InChI=1S/C24H27ClN2O4/c1-5-31-18-10-11-19(15(2)14-18)22(28)20-21(16-6-8-17(25)9-7-16)27(13-12-26(3)4)24(30)23(20)29/h6-11,14,21,28H,5,12-13H2,1-4H3/t21-/m0/s1. The molecule has 2 aromatic rings. The van der Waals surface area contributed by atoms with Gasteiger partial charge in [-0.25, -0.2) is 0 Å². The molecule has 0 aromatic heterocycles. The second-order valence-corrected chi connectivity index (χ2v) is 8.19. The molecule has 0 spiro atoms. The van der Waals surface area contributed by atoms with Crippen LogP contribution in [0.5, 0.6) is 5.75 Å². The fourth-order valence-electron chi connectivity index (χ4n) is 3.71. The van der Waals surface area contributed by atoms with Crippen molar-refractivity contribution in [3.05, 3.63) is 69.8 Å². The molecule has 7 heteroatoms. The fraction of sp³-hybridized carbons (Fsp3) is 0.333. The van der Waals surface area contributed by atoms with Crippen LogP contribution in [0.4, 0.5) is 0 Å². The zero-order valence-corrected chi connectivity index (χ0v) is 18.9. The highest BCUT2D eigenvalue weighted by Gasteiger charge is 2.46. The lowest BCUT2D eigenvalue weighted by molar-refractivity contribution is -0.140. The van der Waals surface area contributed by atoms with E-state index in [1.54, 1.807) is 42.5 Å². The summed E-state index contributed by atoms with van der Waals surface area (Å²) in [6.45, 7) is 5.18. The van der Waals surface area contributed by atoms with E-state index in [0.717, 1.165) is 5.56 Å². The van der Waals surface area contributed by atoms with Gasteiger partial charge in [-0.05, 0) is 69.4 Å². The summed E-state index contributed by atoms with van der Waals surface area (Å²) < 4.78 is 5.51. The Hall–Kier alpha value is -2.83. The third-order valence-corrected chi connectivity index (χ3v) is 5.53. The fourth-order valence-corrected chi connectivity index (χ4v) is 3.84. The molecule has 0 unspecified atom stereocenters. The molecule has 1 saturated heterocycles. The van der Waals surface area contributed by atoms with E-state index in [0.29, 0.717) is 41.6 Å². The van der Waals surface area contributed by atoms with Crippen LogP contribution in [0, 0.1) is 6.92 Å². The zero-order chi connectivity index (χ0) is 22.7. The molecule has 0 radical (unpaired) electrons. The van der Waals surface area contributed by atoms with Crippen molar-refractivity contribution in [1.82, 2.24) is 9.80 Å². The number of Topliss-reactive ketones (excluding diaryl/α,β-unsaturated/α-hetero) is 1. The van der Waals surface area contributed by atoms with E-state index < -0.39 is 17.7 Å². The third-order valence-electron chi connectivity index (χ3n) is 5.28. The molecule has 1 aliphatic heterocycles. The van der Waals surface area contributed by atoms with Crippen molar-refractivity contribution in [1.29, 1.82) is 0 Å². The first-order valence-corrected chi connectivity index (χ1v) is 10.5. The maximum Gasteiger partial charge on any atom is 0.295 e. The number of hydrogen-bond donors (Lipinski definition) is 1. The summed E-state index contributed by atoms with van der Waals surface area (Å²) in [5.74, 6) is -0.820. The molecular weight excluding hydrogens is 416 g/mol. The predicted molar refractivity (Wildman–Crippen MR) is 121 cm³/mol. The van der Waals surface area contributed by atoms with Gasteiger partial charge in [0.15, 0.2) is 0 Å². The van der Waals surface area contributed by atoms with Crippen LogP contribution in [0.2, 0.25) is 5.02 Å². The lowest BCUT2D eigenvalue weighted by Gasteiger charge is -2.26. The van der Waals surface area contributed by atoms with E-state index >= 15 is 0 Å². The molecule has 1 fully saturated rings. The molecular formula is C24H27ClN2O4. The van der Waals surface area contributed by atoms with Crippen LogP contribution in [-0.2, 0) is 9.59 Å². The normalized spacial score (nSPS) is 18.1. The Labute approximate surface area is 187 Å². The molecule has 164 valence electrons. The van der Waals surface area contributed by atoms with Crippen LogP contribution in [-0.4, -0.2) is 60.4 Å². The number of amides is 1. The molecule has 0 saturated carbocycles. The minimum Gasteiger partial charge on any atom is -0.507 e. The molecule has 1 N–H and O–H groups in total. The SMILES string of the molecule is CCOc1ccc(C(O)=C2C(=O)C(=O)N(CCN(C)C)[C@H]2c2ccc(Cl)cc2)c(C)c1. The zero-order valence-electron chi connectivity index (χ0n) is 18.2. The largest absolute Gasteiger partial charge is 0.507 e. The van der Waals surface area contributed by atoms with Crippen molar-refractivity contribution >= 4 is 29.1 Å². The summed E-state index contributed by atoms with van der Waals surface area (Å²) in [5.41, 5.74) is 2.04. The number of nitrogens with zero attached hydrogens (tertiary/aromatic N) is 2. The lowest BCUT2D eigenvalue weighted by Crippen LogP contribution is -2.35. The Kier molecular flexibility index (Phi) is 7.03. The maximum atomic E-state index is 13.0. The van der Waals surface area contributed by atoms with E-state index in [-0.39, 0.29) is 11.3 Å². The quantitative estimate of drug-likeness (QED) is 0.398. The van der Waals surface area contributed by atoms with Gasteiger partial charge in [0.05, 0.1) is 18.2 Å². The van der Waals surface area contributed by atoms with Crippen molar-refractivity contribution in [3.8, 4) is 5.75 Å². The van der Waals surface area contributed by atoms with Crippen molar-refractivity contribution in [2.24, 2.45) is 0 Å². The van der Waals surface area contributed by atoms with E-state index in [1.807, 2.05) is 32.8 Å². The maximum absolute atomic E-state index is 13.0. The average molecular weight is 443 g/mol. The molecule has 31 heavy (non-hydrogen) atoms. The molecule has 0 aliphatic carbocycles. The van der Waals surface area contributed by atoms with E-state index in [4.69, 9.17) is 16.3 Å². The number of ketones is 1. The Balaban J connectivity index is 2.13. The van der Waals surface area contributed by atoms with Crippen LogP contribution in [0.3, 0.4) is 0 Å². The third kappa shape index (κ3) is 4.75. The van der Waals surface area contributed by atoms with Gasteiger partial charge in [0.25, 0.3) is 11.7 Å². The van der Waals surface area contributed by atoms with Gasteiger partial charge in [-0.15, -0.1) is 0 Å². The summed E-state index contributed by atoms with van der Waals surface area (Å²) in [6.07, 6.45) is 0. The van der Waals surface area contributed by atoms with E-state index in [9.17, 15) is 14.7 Å². The minimum atomic E-state index is -0.691. The molecule has 1 aliphatic rings. The van der Waals surface area contributed by atoms with Crippen molar-refractivity contribution in [2.45, 2.75) is 19.9 Å². The highest BCUT2D eigenvalue weighted by atomic mass is 35.5. The summed E-state index contributed by atoms with van der Waals surface area (Å²) in [7, 11) is 3.80. The first-order chi connectivity index (χ1) is 14.7. The van der Waals surface area contributed by atoms with Gasteiger partial charge in [0.2, 0.25) is 0 Å². The molecule has 1 heterocycles. The van der Waals surface area contributed by atoms with Crippen LogP contribution in [0.25, 0.3) is 5.76 Å². The van der Waals surface area contributed by atoms with Crippen molar-refractivity contribution in [2.75, 3.05) is 33.8 Å². The van der Waals surface area contributed by atoms with Crippen molar-refractivity contribution in [3.63, 3.8) is 0 Å². The minimum absolute atomic E-state index is 0.0818. The Morgan fingerprint density at radius 1 is 1.16 bits per heavy atom. The molecule has 3 rings (SSSR count). The predicted octanol–water partition coefficient (Wildman–Crippen LogP) is 4.03. The topological polar surface area (TPSA) is 70.1 Å². The number of aliphatic hydroxyl groups is 1. The van der Waals surface area contributed by atoms with Gasteiger partial charge in [-0.2, -0.15) is 0 Å². The Bertz CT molecular complexity index is 1010. The van der Waals surface area contributed by atoms with Gasteiger partial charge in [0, 0.05) is 23.7 Å². The van der Waals surface area contributed by atoms with Crippen LogP contribution in [0.1, 0.15) is 29.7 Å². The van der Waals surface area contributed by atoms with Gasteiger partial charge < -0.3 is 19.6 Å². The van der Waals surface area contributed by atoms with Crippen LogP contribution >= 0.6 is 11.6 Å². The second-order valence-electron chi connectivity index (χ2n) is 7.76. The highest BCUT2D eigenvalue weighted by Crippen LogP contribution is 2.40. The van der Waals surface area contributed by atoms with Gasteiger partial charge in [-0.3, -0.25) is 9.59 Å². The number of carbonyl (C=O) groups excluding carboxylic acids is 2. The number of rotatable bonds is 7. The lowest BCUT2D eigenvalue weighted by atomic mass is 9.94. The number of aryl methyl sites for hydroxylation is 1. The molecule has 0 bridgehead atoms. The Morgan fingerprint density at radius 2 is 1.84 bits per heavy atom. The monoisotopic (exact) mass is 442 g/mol. The number of likely N-dealkylation sites (tertiary alicyclic amines) is 1. The number of halogens is 1. The van der Waals surface area contributed by atoms with Crippen LogP contribution < -0.4 is 4.74 Å². The number of aliphatic hydroxyl groups excluding tert-OH is 1. The smallest absolute Gasteiger partial charge is 0.295 e. The Morgan fingerprint density at radius 3 is 2.42 bits per heavy atom. The van der Waals surface area contributed by atoms with Gasteiger partial charge in [-0.1, -0.05) is 23.7 Å². The first kappa shape index (κ1) is 22.8. The molecule has 1 atom stereocenters. The van der Waals surface area contributed by atoms with Gasteiger partial charge >= 0.3 is 0 Å². The summed E-state index contributed by atoms with van der Waals surface area (Å²) >= 11 is 6.04. The summed E-state index contributed by atoms with van der Waals surface area (Å²) in [6, 6.07) is 11.5. The highest BCUT2D eigenvalue weighted by molar-refractivity contribution is 6.46. The molecule has 2 aromatic carbocycles. The van der Waals surface area contributed by atoms with E-state index in [2.05, 4.69) is 0 Å². The second kappa shape index (κ2) is 9.54. The number of likely N-dealkylation sites (N-methyl/N-ethyl adjacent to an activating group) is 1. The number of benzene rings is 2. The summed E-state index contributed by atoms with van der Waals surface area (Å²) in [5, 5.41) is 11.7. The number of hydrogen-bond acceptors (Lipinski definition) is 5. The molecule has 6 nitrogen and oxygen atoms in total. The molecule has 1 amide bonds.